The van der Waals surface area contributed by atoms with E-state index in [1.807, 2.05) is 0 Å². The van der Waals surface area contributed by atoms with Crippen LogP contribution in [-0.2, 0) is 19.1 Å². The quantitative estimate of drug-likeness (QED) is 0.352. The van der Waals surface area contributed by atoms with Gasteiger partial charge in [-0.2, -0.15) is 0 Å². The summed E-state index contributed by atoms with van der Waals surface area (Å²) in [5.41, 5.74) is 0.359. The molecule has 0 aromatic rings. The third-order valence-corrected chi connectivity index (χ3v) is 2.17. The first kappa shape index (κ1) is 15.6. The second kappa shape index (κ2) is 8.67. The molecule has 0 N–H and O–H groups in total. The molecule has 0 heterocycles. The molecule has 0 aliphatic rings. The number of hydrogen-bond donors (Lipinski definition) is 0. The van der Waals surface area contributed by atoms with Crippen LogP contribution in [0, 0.1) is 0 Å². The Morgan fingerprint density at radius 1 is 1.00 bits per heavy atom. The summed E-state index contributed by atoms with van der Waals surface area (Å²) in [6, 6.07) is 0. The SMILES string of the molecule is C=C(C)C(=O)OCCCC(=O)CCCC(C)=O. The van der Waals surface area contributed by atoms with Gasteiger partial charge in [0.1, 0.15) is 11.6 Å². The summed E-state index contributed by atoms with van der Waals surface area (Å²) in [6.45, 7) is 6.79. The Morgan fingerprint density at radius 3 is 2.12 bits per heavy atom. The molecular weight excluding hydrogens is 220 g/mol. The van der Waals surface area contributed by atoms with Crippen LogP contribution in [0.4, 0.5) is 0 Å². The fraction of sp³-hybridized carbons (Fsp3) is 0.615. The molecule has 0 aromatic heterocycles. The van der Waals surface area contributed by atoms with Crippen molar-refractivity contribution in [1.82, 2.24) is 0 Å². The normalized spacial score (nSPS) is 9.76. The highest BCUT2D eigenvalue weighted by molar-refractivity contribution is 5.87. The standard InChI is InChI=1S/C13H20O4/c1-10(2)13(16)17-9-5-8-12(15)7-4-6-11(3)14/h1,4-9H2,2-3H3. The summed E-state index contributed by atoms with van der Waals surface area (Å²) in [5.74, 6) is -0.208. The predicted molar refractivity (Wildman–Crippen MR) is 64.5 cm³/mol. The van der Waals surface area contributed by atoms with E-state index in [0.717, 1.165) is 0 Å². The van der Waals surface area contributed by atoms with Gasteiger partial charge in [-0.25, -0.2) is 4.79 Å². The number of Topliss-reactive ketones (excluding diaryl/α,β-unsaturated/α-hetero) is 2. The van der Waals surface area contributed by atoms with E-state index in [1.165, 1.54) is 6.92 Å². The lowest BCUT2D eigenvalue weighted by Crippen LogP contribution is -2.08. The summed E-state index contributed by atoms with van der Waals surface area (Å²) in [6.07, 6.45) is 2.41. The number of esters is 1. The van der Waals surface area contributed by atoms with Gasteiger partial charge in [-0.1, -0.05) is 6.58 Å². The van der Waals surface area contributed by atoms with Crippen LogP contribution in [0.3, 0.4) is 0 Å². The van der Waals surface area contributed by atoms with Crippen LogP contribution in [0.15, 0.2) is 12.2 Å². The van der Waals surface area contributed by atoms with Crippen LogP contribution in [0.2, 0.25) is 0 Å². The van der Waals surface area contributed by atoms with Crippen LogP contribution in [-0.4, -0.2) is 24.1 Å². The number of carbonyl (C=O) groups excluding carboxylic acids is 3. The van der Waals surface area contributed by atoms with E-state index in [-0.39, 0.29) is 18.2 Å². The average Bonchev–Trinajstić information content (AvgIpc) is 2.23. The van der Waals surface area contributed by atoms with Crippen molar-refractivity contribution in [3.05, 3.63) is 12.2 Å². The monoisotopic (exact) mass is 240 g/mol. The van der Waals surface area contributed by atoms with Gasteiger partial charge in [-0.05, 0) is 26.7 Å². The predicted octanol–water partition coefficient (Wildman–Crippen LogP) is 2.21. The van der Waals surface area contributed by atoms with Gasteiger partial charge in [0.25, 0.3) is 0 Å². The minimum Gasteiger partial charge on any atom is -0.462 e. The van der Waals surface area contributed by atoms with Crippen molar-refractivity contribution in [2.45, 2.75) is 46.0 Å². The van der Waals surface area contributed by atoms with Crippen molar-refractivity contribution in [1.29, 1.82) is 0 Å². The van der Waals surface area contributed by atoms with Crippen molar-refractivity contribution < 1.29 is 19.1 Å². The zero-order valence-corrected chi connectivity index (χ0v) is 10.6. The largest absolute Gasteiger partial charge is 0.462 e. The second-order valence-electron chi connectivity index (χ2n) is 4.11. The summed E-state index contributed by atoms with van der Waals surface area (Å²) in [5, 5.41) is 0. The van der Waals surface area contributed by atoms with E-state index in [9.17, 15) is 14.4 Å². The van der Waals surface area contributed by atoms with Gasteiger partial charge >= 0.3 is 5.97 Å². The van der Waals surface area contributed by atoms with E-state index in [0.29, 0.717) is 37.7 Å². The molecule has 0 bridgehead atoms. The third kappa shape index (κ3) is 9.48. The number of ketones is 2. The number of hydrogen-bond acceptors (Lipinski definition) is 4. The highest BCUT2D eigenvalue weighted by Crippen LogP contribution is 2.03. The Labute approximate surface area is 102 Å². The summed E-state index contributed by atoms with van der Waals surface area (Å²) in [7, 11) is 0. The number of carbonyl (C=O) groups is 3. The van der Waals surface area contributed by atoms with E-state index in [1.54, 1.807) is 6.92 Å². The number of ether oxygens (including phenoxy) is 1. The molecule has 0 aromatic carbocycles. The maximum Gasteiger partial charge on any atom is 0.333 e. The Hall–Kier alpha value is -1.45. The van der Waals surface area contributed by atoms with Crippen molar-refractivity contribution in [3.8, 4) is 0 Å². The van der Waals surface area contributed by atoms with Gasteiger partial charge < -0.3 is 9.53 Å². The molecule has 0 spiro atoms. The Bertz CT molecular complexity index is 305. The summed E-state index contributed by atoms with van der Waals surface area (Å²) < 4.78 is 4.85. The summed E-state index contributed by atoms with van der Waals surface area (Å²) >= 11 is 0. The van der Waals surface area contributed by atoms with Gasteiger partial charge in [0.15, 0.2) is 0 Å². The van der Waals surface area contributed by atoms with Gasteiger partial charge in [0.2, 0.25) is 0 Å². The average molecular weight is 240 g/mol. The van der Waals surface area contributed by atoms with Crippen molar-refractivity contribution in [2.24, 2.45) is 0 Å². The van der Waals surface area contributed by atoms with E-state index < -0.39 is 5.97 Å². The topological polar surface area (TPSA) is 60.4 Å². The maximum absolute atomic E-state index is 11.3. The zero-order chi connectivity index (χ0) is 13.3. The first-order valence-corrected chi connectivity index (χ1v) is 5.77. The molecule has 4 nitrogen and oxygen atoms in total. The molecule has 0 saturated heterocycles. The van der Waals surface area contributed by atoms with Crippen LogP contribution in [0.1, 0.15) is 46.0 Å². The van der Waals surface area contributed by atoms with Crippen molar-refractivity contribution in [3.63, 3.8) is 0 Å². The van der Waals surface area contributed by atoms with Crippen LogP contribution < -0.4 is 0 Å². The first-order valence-electron chi connectivity index (χ1n) is 5.77. The zero-order valence-electron chi connectivity index (χ0n) is 10.6. The van der Waals surface area contributed by atoms with Gasteiger partial charge in [0.05, 0.1) is 6.61 Å². The molecule has 0 fully saturated rings. The van der Waals surface area contributed by atoms with Crippen molar-refractivity contribution in [2.75, 3.05) is 6.61 Å². The van der Waals surface area contributed by atoms with Crippen molar-refractivity contribution >= 4 is 17.5 Å². The molecule has 0 radical (unpaired) electrons. The molecule has 0 aliphatic heterocycles. The Morgan fingerprint density at radius 2 is 1.59 bits per heavy atom. The minimum absolute atomic E-state index is 0.105. The fourth-order valence-corrected chi connectivity index (χ4v) is 1.22. The summed E-state index contributed by atoms with van der Waals surface area (Å²) in [4.78, 5) is 33.0. The molecule has 0 saturated carbocycles. The van der Waals surface area contributed by atoms with E-state index in [2.05, 4.69) is 6.58 Å². The van der Waals surface area contributed by atoms with Gasteiger partial charge in [-0.3, -0.25) is 4.79 Å². The molecule has 17 heavy (non-hydrogen) atoms. The molecule has 0 atom stereocenters. The van der Waals surface area contributed by atoms with Gasteiger partial charge in [0, 0.05) is 24.8 Å². The maximum atomic E-state index is 11.3. The third-order valence-electron chi connectivity index (χ3n) is 2.17. The van der Waals surface area contributed by atoms with Crippen LogP contribution in [0.5, 0.6) is 0 Å². The highest BCUT2D eigenvalue weighted by Gasteiger charge is 2.05. The van der Waals surface area contributed by atoms with Crippen LogP contribution >= 0.6 is 0 Å². The minimum atomic E-state index is -0.422. The second-order valence-corrected chi connectivity index (χ2v) is 4.11. The molecule has 96 valence electrons. The lowest BCUT2D eigenvalue weighted by molar-refractivity contribution is -0.139. The molecule has 0 aliphatic carbocycles. The molecule has 0 amide bonds. The lowest BCUT2D eigenvalue weighted by atomic mass is 10.1. The fourth-order valence-electron chi connectivity index (χ4n) is 1.22. The smallest absolute Gasteiger partial charge is 0.333 e. The molecule has 0 unspecified atom stereocenters. The Balaban J connectivity index is 3.48. The molecular formula is C13H20O4. The first-order chi connectivity index (χ1) is 7.93. The number of rotatable bonds is 9. The van der Waals surface area contributed by atoms with E-state index >= 15 is 0 Å². The van der Waals surface area contributed by atoms with Crippen LogP contribution in [0.25, 0.3) is 0 Å². The van der Waals surface area contributed by atoms with E-state index in [4.69, 9.17) is 4.74 Å². The molecule has 0 rings (SSSR count). The van der Waals surface area contributed by atoms with Gasteiger partial charge in [-0.15, -0.1) is 0 Å². The highest BCUT2D eigenvalue weighted by atomic mass is 16.5. The Kier molecular flexibility index (Phi) is 7.93. The lowest BCUT2D eigenvalue weighted by Gasteiger charge is -2.03. The molecule has 4 heteroatoms.